The Hall–Kier alpha value is -2.14. The maximum absolute atomic E-state index is 10.8. The Balaban J connectivity index is 1.64. The number of fused-ring (bicyclic) bond motifs is 3. The molecule has 1 aliphatic rings. The average Bonchev–Trinajstić information content (AvgIpc) is 2.82. The topological polar surface area (TPSA) is 71.2 Å². The zero-order valence-corrected chi connectivity index (χ0v) is 13.1. The number of para-hydroxylation sites is 1. The molecule has 0 amide bonds. The number of hydrogen-bond acceptors (Lipinski definition) is 5. The number of rotatable bonds is 3. The van der Waals surface area contributed by atoms with E-state index >= 15 is 0 Å². The highest BCUT2D eigenvalue weighted by Gasteiger charge is 2.28. The van der Waals surface area contributed by atoms with E-state index in [1.54, 1.807) is 6.33 Å². The molecule has 120 valence electrons. The van der Waals surface area contributed by atoms with Crippen LogP contribution in [0.1, 0.15) is 38.5 Å². The molecule has 23 heavy (non-hydrogen) atoms. The van der Waals surface area contributed by atoms with Gasteiger partial charge in [-0.1, -0.05) is 37.8 Å². The third kappa shape index (κ3) is 2.77. The van der Waals surface area contributed by atoms with Gasteiger partial charge in [0, 0.05) is 11.9 Å². The molecule has 1 fully saturated rings. The summed E-state index contributed by atoms with van der Waals surface area (Å²) in [5.74, 6) is 0.656. The number of furan rings is 1. The van der Waals surface area contributed by atoms with Crippen molar-refractivity contribution in [3.63, 3.8) is 0 Å². The van der Waals surface area contributed by atoms with Gasteiger partial charge in [0.2, 0.25) is 0 Å². The van der Waals surface area contributed by atoms with Crippen molar-refractivity contribution < 1.29 is 9.52 Å². The van der Waals surface area contributed by atoms with Gasteiger partial charge in [-0.2, -0.15) is 0 Å². The highest BCUT2D eigenvalue weighted by atomic mass is 16.3. The lowest BCUT2D eigenvalue weighted by Crippen LogP contribution is -2.36. The lowest BCUT2D eigenvalue weighted by atomic mass is 9.94. The van der Waals surface area contributed by atoms with Gasteiger partial charge in [-0.3, -0.25) is 0 Å². The number of nitrogens with one attached hydrogen (secondary N) is 1. The van der Waals surface area contributed by atoms with E-state index in [4.69, 9.17) is 4.42 Å². The molecule has 4 rings (SSSR count). The first kappa shape index (κ1) is 14.5. The molecule has 0 unspecified atom stereocenters. The summed E-state index contributed by atoms with van der Waals surface area (Å²) in [6.07, 6.45) is 7.82. The minimum absolute atomic E-state index is 0.496. The zero-order valence-electron chi connectivity index (χ0n) is 13.1. The molecule has 0 radical (unpaired) electrons. The quantitative estimate of drug-likeness (QED) is 0.718. The molecule has 5 nitrogen and oxygen atoms in total. The predicted octanol–water partition coefficient (Wildman–Crippen LogP) is 3.87. The fourth-order valence-electron chi connectivity index (χ4n) is 3.46. The third-order valence-corrected chi connectivity index (χ3v) is 4.78. The summed E-state index contributed by atoms with van der Waals surface area (Å²) in [4.78, 5) is 8.66. The first-order valence-electron chi connectivity index (χ1n) is 8.34. The summed E-state index contributed by atoms with van der Waals surface area (Å²) >= 11 is 0. The minimum atomic E-state index is -0.653. The van der Waals surface area contributed by atoms with E-state index in [1.807, 2.05) is 24.3 Å². The van der Waals surface area contributed by atoms with Gasteiger partial charge in [-0.15, -0.1) is 0 Å². The van der Waals surface area contributed by atoms with Crippen LogP contribution in [0.5, 0.6) is 0 Å². The summed E-state index contributed by atoms with van der Waals surface area (Å²) in [5.41, 5.74) is 1.62. The van der Waals surface area contributed by atoms with Crippen LogP contribution in [0.2, 0.25) is 0 Å². The zero-order chi connectivity index (χ0) is 15.7. The number of hydrogen-bond donors (Lipinski definition) is 2. The van der Waals surface area contributed by atoms with Crippen LogP contribution in [0, 0.1) is 0 Å². The molecule has 2 heterocycles. The number of aromatic nitrogens is 2. The van der Waals surface area contributed by atoms with E-state index in [0.717, 1.165) is 42.2 Å². The Bertz CT molecular complexity index is 819. The van der Waals surface area contributed by atoms with Crippen LogP contribution in [-0.4, -0.2) is 27.2 Å². The maximum Gasteiger partial charge on any atom is 0.196 e. The molecule has 3 aromatic rings. The van der Waals surface area contributed by atoms with Crippen LogP contribution in [0.15, 0.2) is 35.0 Å². The molecule has 1 aliphatic carbocycles. The van der Waals surface area contributed by atoms with Gasteiger partial charge in [-0.05, 0) is 25.0 Å². The minimum Gasteiger partial charge on any atom is -0.450 e. The highest BCUT2D eigenvalue weighted by Crippen LogP contribution is 2.32. The van der Waals surface area contributed by atoms with Crippen LogP contribution in [0.4, 0.5) is 5.82 Å². The predicted molar refractivity (Wildman–Crippen MR) is 90.5 cm³/mol. The van der Waals surface area contributed by atoms with Crippen molar-refractivity contribution in [2.75, 3.05) is 11.9 Å². The number of benzene rings is 1. The van der Waals surface area contributed by atoms with Crippen molar-refractivity contribution in [3.05, 3.63) is 30.6 Å². The Morgan fingerprint density at radius 1 is 1.09 bits per heavy atom. The van der Waals surface area contributed by atoms with Crippen molar-refractivity contribution in [1.29, 1.82) is 0 Å². The van der Waals surface area contributed by atoms with Gasteiger partial charge in [0.1, 0.15) is 17.4 Å². The molecule has 0 spiro atoms. The Morgan fingerprint density at radius 3 is 2.70 bits per heavy atom. The molecular formula is C18H21N3O2. The van der Waals surface area contributed by atoms with Gasteiger partial charge in [0.25, 0.3) is 0 Å². The second-order valence-electron chi connectivity index (χ2n) is 6.49. The molecule has 0 atom stereocenters. The molecule has 0 bridgehead atoms. The lowest BCUT2D eigenvalue weighted by molar-refractivity contribution is 0.0381. The molecule has 2 N–H and O–H groups in total. The third-order valence-electron chi connectivity index (χ3n) is 4.78. The van der Waals surface area contributed by atoms with E-state index in [1.165, 1.54) is 12.8 Å². The van der Waals surface area contributed by atoms with Gasteiger partial charge in [0.05, 0.1) is 5.60 Å². The smallest absolute Gasteiger partial charge is 0.196 e. The summed E-state index contributed by atoms with van der Waals surface area (Å²) in [7, 11) is 0. The first-order valence-corrected chi connectivity index (χ1v) is 8.34. The molecule has 5 heteroatoms. The largest absolute Gasteiger partial charge is 0.450 e. The fourth-order valence-corrected chi connectivity index (χ4v) is 3.46. The van der Waals surface area contributed by atoms with Gasteiger partial charge >= 0.3 is 0 Å². The number of nitrogens with zero attached hydrogens (tertiary/aromatic N) is 2. The summed E-state index contributed by atoms with van der Waals surface area (Å²) in [5, 5.41) is 15.1. The molecular weight excluding hydrogens is 290 g/mol. The lowest BCUT2D eigenvalue weighted by Gasteiger charge is -2.26. The number of anilines is 1. The van der Waals surface area contributed by atoms with Crippen LogP contribution < -0.4 is 5.32 Å². The highest BCUT2D eigenvalue weighted by molar-refractivity contribution is 6.05. The van der Waals surface area contributed by atoms with Crippen molar-refractivity contribution in [2.45, 2.75) is 44.1 Å². The average molecular weight is 311 g/mol. The van der Waals surface area contributed by atoms with Gasteiger partial charge in [0.15, 0.2) is 11.4 Å². The molecule has 1 aromatic carbocycles. The summed E-state index contributed by atoms with van der Waals surface area (Å²) in [6, 6.07) is 7.84. The summed E-state index contributed by atoms with van der Waals surface area (Å²) < 4.78 is 5.91. The normalized spacial score (nSPS) is 18.1. The second kappa shape index (κ2) is 5.81. The van der Waals surface area contributed by atoms with Crippen molar-refractivity contribution >= 4 is 27.9 Å². The molecule has 2 aromatic heterocycles. The molecule has 0 aliphatic heterocycles. The monoisotopic (exact) mass is 311 g/mol. The van der Waals surface area contributed by atoms with E-state index in [9.17, 15) is 5.11 Å². The fraction of sp³-hybridized carbons (Fsp3) is 0.444. The van der Waals surface area contributed by atoms with Crippen LogP contribution in [-0.2, 0) is 0 Å². The standard InChI is InChI=1S/C18H21N3O2/c22-18(9-5-1-2-6-10-18)11-19-17-16-15(20-12-21-17)13-7-3-4-8-14(13)23-16/h3-4,7-8,12,22H,1-2,5-6,9-11H2,(H,19,20,21). The first-order chi connectivity index (χ1) is 11.3. The Kier molecular flexibility index (Phi) is 3.65. The van der Waals surface area contributed by atoms with Crippen molar-refractivity contribution in [2.24, 2.45) is 0 Å². The molecule has 0 saturated heterocycles. The van der Waals surface area contributed by atoms with Gasteiger partial charge in [-0.25, -0.2) is 9.97 Å². The summed E-state index contributed by atoms with van der Waals surface area (Å²) in [6.45, 7) is 0.496. The van der Waals surface area contributed by atoms with Gasteiger partial charge < -0.3 is 14.8 Å². The van der Waals surface area contributed by atoms with Crippen LogP contribution >= 0.6 is 0 Å². The molecule has 1 saturated carbocycles. The SMILES string of the molecule is OC1(CNc2ncnc3c2oc2ccccc23)CCCCCC1. The van der Waals surface area contributed by atoms with Crippen molar-refractivity contribution in [1.82, 2.24) is 9.97 Å². The van der Waals surface area contributed by atoms with E-state index in [2.05, 4.69) is 15.3 Å². The Labute approximate surface area is 134 Å². The van der Waals surface area contributed by atoms with E-state index in [-0.39, 0.29) is 0 Å². The van der Waals surface area contributed by atoms with E-state index < -0.39 is 5.60 Å². The number of aliphatic hydroxyl groups is 1. The Morgan fingerprint density at radius 2 is 1.87 bits per heavy atom. The maximum atomic E-state index is 10.8. The second-order valence-corrected chi connectivity index (χ2v) is 6.49. The van der Waals surface area contributed by atoms with E-state index in [0.29, 0.717) is 17.9 Å². The van der Waals surface area contributed by atoms with Crippen LogP contribution in [0.3, 0.4) is 0 Å². The van der Waals surface area contributed by atoms with Crippen molar-refractivity contribution in [3.8, 4) is 0 Å². The van der Waals surface area contributed by atoms with Crippen LogP contribution in [0.25, 0.3) is 22.1 Å².